The number of ether oxygens (including phenoxy) is 2. The number of carboxylic acid groups (broad SMARTS) is 1. The van der Waals surface area contributed by atoms with Gasteiger partial charge in [-0.15, -0.1) is 0 Å². The Morgan fingerprint density at radius 2 is 2.13 bits per heavy atom. The van der Waals surface area contributed by atoms with Crippen molar-refractivity contribution in [3.05, 3.63) is 0 Å². The highest BCUT2D eigenvalue weighted by Crippen LogP contribution is 2.21. The third kappa shape index (κ3) is 3.80. The van der Waals surface area contributed by atoms with Gasteiger partial charge in [-0.2, -0.15) is 0 Å². The van der Waals surface area contributed by atoms with Crippen LogP contribution in [0.25, 0.3) is 0 Å². The molecule has 0 spiro atoms. The Balaban J connectivity index is 2.22. The van der Waals surface area contributed by atoms with Crippen LogP contribution in [0.1, 0.15) is 33.6 Å². The van der Waals surface area contributed by atoms with Crippen LogP contribution in [0.15, 0.2) is 0 Å². The fourth-order valence-corrected chi connectivity index (χ4v) is 1.46. The van der Waals surface area contributed by atoms with E-state index in [0.717, 1.165) is 6.42 Å². The van der Waals surface area contributed by atoms with E-state index in [-0.39, 0.29) is 12.2 Å². The standard InChI is InChI=1S/C11H20O4/c1-7(2)8(3)14-6-9-4-5-10(15-9)11(12)13/h7-10H,4-6H2,1-3H3,(H,12,13). The van der Waals surface area contributed by atoms with Gasteiger partial charge < -0.3 is 14.6 Å². The van der Waals surface area contributed by atoms with Crippen LogP contribution in [0.5, 0.6) is 0 Å². The van der Waals surface area contributed by atoms with Crippen LogP contribution in [0.4, 0.5) is 0 Å². The van der Waals surface area contributed by atoms with Crippen molar-refractivity contribution in [1.29, 1.82) is 0 Å². The second kappa shape index (κ2) is 5.47. The molecule has 0 saturated carbocycles. The molecule has 4 nitrogen and oxygen atoms in total. The molecule has 15 heavy (non-hydrogen) atoms. The Labute approximate surface area is 90.6 Å². The van der Waals surface area contributed by atoms with Crippen LogP contribution in [0, 0.1) is 5.92 Å². The topological polar surface area (TPSA) is 55.8 Å². The Bertz CT molecular complexity index is 215. The lowest BCUT2D eigenvalue weighted by atomic mass is 10.1. The maximum Gasteiger partial charge on any atom is 0.332 e. The van der Waals surface area contributed by atoms with Crippen LogP contribution in [-0.4, -0.2) is 36.0 Å². The van der Waals surface area contributed by atoms with Gasteiger partial charge >= 0.3 is 5.97 Å². The molecular weight excluding hydrogens is 196 g/mol. The van der Waals surface area contributed by atoms with Gasteiger partial charge in [0.05, 0.1) is 18.8 Å². The van der Waals surface area contributed by atoms with E-state index in [1.165, 1.54) is 0 Å². The lowest BCUT2D eigenvalue weighted by molar-refractivity contribution is -0.151. The summed E-state index contributed by atoms with van der Waals surface area (Å²) in [7, 11) is 0. The number of aliphatic carboxylic acids is 1. The first-order valence-electron chi connectivity index (χ1n) is 5.50. The van der Waals surface area contributed by atoms with E-state index in [9.17, 15) is 4.79 Å². The molecule has 3 atom stereocenters. The third-order valence-corrected chi connectivity index (χ3v) is 2.87. The lowest BCUT2D eigenvalue weighted by Gasteiger charge is -2.19. The van der Waals surface area contributed by atoms with E-state index in [0.29, 0.717) is 18.9 Å². The van der Waals surface area contributed by atoms with Gasteiger partial charge in [-0.25, -0.2) is 4.79 Å². The molecule has 0 bridgehead atoms. The number of carbonyl (C=O) groups is 1. The molecular formula is C11H20O4. The second-order valence-corrected chi connectivity index (χ2v) is 4.44. The van der Waals surface area contributed by atoms with Crippen molar-refractivity contribution in [2.75, 3.05) is 6.61 Å². The van der Waals surface area contributed by atoms with Gasteiger partial charge in [-0.1, -0.05) is 13.8 Å². The van der Waals surface area contributed by atoms with Gasteiger partial charge in [0.25, 0.3) is 0 Å². The molecule has 0 amide bonds. The molecule has 0 aromatic heterocycles. The average molecular weight is 216 g/mol. The van der Waals surface area contributed by atoms with Crippen molar-refractivity contribution in [3.8, 4) is 0 Å². The van der Waals surface area contributed by atoms with Crippen molar-refractivity contribution in [2.45, 2.75) is 51.9 Å². The zero-order chi connectivity index (χ0) is 11.4. The number of rotatable bonds is 5. The van der Waals surface area contributed by atoms with Gasteiger partial charge in [-0.3, -0.25) is 0 Å². The molecule has 1 rings (SSSR count). The largest absolute Gasteiger partial charge is 0.479 e. The minimum absolute atomic E-state index is 0.0488. The molecule has 1 saturated heterocycles. The molecule has 1 fully saturated rings. The summed E-state index contributed by atoms with van der Waals surface area (Å²) >= 11 is 0. The van der Waals surface area contributed by atoms with E-state index < -0.39 is 12.1 Å². The van der Waals surface area contributed by atoms with Crippen LogP contribution in [0.2, 0.25) is 0 Å². The highest BCUT2D eigenvalue weighted by molar-refractivity contribution is 5.72. The first-order chi connectivity index (χ1) is 7.00. The van der Waals surface area contributed by atoms with E-state index in [2.05, 4.69) is 13.8 Å². The minimum atomic E-state index is -0.866. The summed E-state index contributed by atoms with van der Waals surface area (Å²) < 4.78 is 10.9. The van der Waals surface area contributed by atoms with Gasteiger partial charge in [0, 0.05) is 0 Å². The number of hydrogen-bond acceptors (Lipinski definition) is 3. The monoisotopic (exact) mass is 216 g/mol. The van der Waals surface area contributed by atoms with Crippen LogP contribution in [0.3, 0.4) is 0 Å². The second-order valence-electron chi connectivity index (χ2n) is 4.44. The highest BCUT2D eigenvalue weighted by atomic mass is 16.6. The van der Waals surface area contributed by atoms with Crippen molar-refractivity contribution in [1.82, 2.24) is 0 Å². The Hall–Kier alpha value is -0.610. The minimum Gasteiger partial charge on any atom is -0.479 e. The summed E-state index contributed by atoms with van der Waals surface area (Å²) in [5, 5.41) is 8.73. The fraction of sp³-hybridized carbons (Fsp3) is 0.909. The quantitative estimate of drug-likeness (QED) is 0.759. The van der Waals surface area contributed by atoms with Crippen molar-refractivity contribution in [3.63, 3.8) is 0 Å². The molecule has 1 N–H and O–H groups in total. The van der Waals surface area contributed by atoms with Crippen molar-refractivity contribution >= 4 is 5.97 Å². The van der Waals surface area contributed by atoms with Gasteiger partial charge in [0.2, 0.25) is 0 Å². The first-order valence-corrected chi connectivity index (χ1v) is 5.50. The van der Waals surface area contributed by atoms with Crippen LogP contribution < -0.4 is 0 Å². The molecule has 1 aliphatic heterocycles. The van der Waals surface area contributed by atoms with Crippen molar-refractivity contribution < 1.29 is 19.4 Å². The van der Waals surface area contributed by atoms with Gasteiger partial charge in [0.15, 0.2) is 6.10 Å². The number of hydrogen-bond donors (Lipinski definition) is 1. The lowest BCUT2D eigenvalue weighted by Crippen LogP contribution is -2.25. The molecule has 4 heteroatoms. The molecule has 0 radical (unpaired) electrons. The molecule has 0 aliphatic carbocycles. The number of carboxylic acids is 1. The molecule has 88 valence electrons. The molecule has 3 unspecified atom stereocenters. The summed E-state index contributed by atoms with van der Waals surface area (Å²) in [5.74, 6) is -0.393. The summed E-state index contributed by atoms with van der Waals surface area (Å²) in [5.41, 5.74) is 0. The maximum absolute atomic E-state index is 10.6. The van der Waals surface area contributed by atoms with E-state index in [1.54, 1.807) is 0 Å². The van der Waals surface area contributed by atoms with Crippen LogP contribution >= 0.6 is 0 Å². The zero-order valence-electron chi connectivity index (χ0n) is 9.60. The normalized spacial score (nSPS) is 28.3. The van der Waals surface area contributed by atoms with E-state index in [1.807, 2.05) is 6.92 Å². The third-order valence-electron chi connectivity index (χ3n) is 2.87. The smallest absolute Gasteiger partial charge is 0.332 e. The molecule has 1 aliphatic rings. The first kappa shape index (κ1) is 12.5. The van der Waals surface area contributed by atoms with Gasteiger partial charge in [-0.05, 0) is 25.7 Å². The average Bonchev–Trinajstić information content (AvgIpc) is 2.62. The Morgan fingerprint density at radius 3 is 2.60 bits per heavy atom. The summed E-state index contributed by atoms with van der Waals surface area (Å²) in [6, 6.07) is 0. The van der Waals surface area contributed by atoms with E-state index >= 15 is 0 Å². The van der Waals surface area contributed by atoms with Crippen LogP contribution in [-0.2, 0) is 14.3 Å². The Kier molecular flexibility index (Phi) is 4.54. The fourth-order valence-electron chi connectivity index (χ4n) is 1.46. The zero-order valence-corrected chi connectivity index (χ0v) is 9.60. The summed E-state index contributed by atoms with van der Waals surface area (Å²) in [6.45, 7) is 6.72. The van der Waals surface area contributed by atoms with Gasteiger partial charge in [0.1, 0.15) is 0 Å². The summed E-state index contributed by atoms with van der Waals surface area (Å²) in [4.78, 5) is 10.6. The van der Waals surface area contributed by atoms with Crippen molar-refractivity contribution in [2.24, 2.45) is 5.92 Å². The van der Waals surface area contributed by atoms with E-state index in [4.69, 9.17) is 14.6 Å². The predicted octanol–water partition coefficient (Wildman–Crippen LogP) is 1.68. The SMILES string of the molecule is CC(C)C(C)OCC1CCC(C(=O)O)O1. The molecule has 1 heterocycles. The summed E-state index contributed by atoms with van der Waals surface area (Å²) in [6.07, 6.45) is 0.888. The Morgan fingerprint density at radius 1 is 1.47 bits per heavy atom. The highest BCUT2D eigenvalue weighted by Gasteiger charge is 2.30. The molecule has 0 aromatic rings. The maximum atomic E-state index is 10.6. The predicted molar refractivity (Wildman–Crippen MR) is 55.8 cm³/mol. The molecule has 0 aromatic carbocycles.